The summed E-state index contributed by atoms with van der Waals surface area (Å²) in [5, 5.41) is 8.48. The molecule has 26 heavy (non-hydrogen) atoms. The minimum Gasteiger partial charge on any atom is -0.354 e. The van der Waals surface area contributed by atoms with E-state index in [0.29, 0.717) is 12.5 Å². The molecule has 2 aromatic carbocycles. The van der Waals surface area contributed by atoms with E-state index in [0.717, 1.165) is 30.2 Å². The van der Waals surface area contributed by atoms with Gasteiger partial charge >= 0.3 is 0 Å². The normalized spacial score (nSPS) is 11.1. The summed E-state index contributed by atoms with van der Waals surface area (Å²) in [6.07, 6.45) is 0.748. The molecule has 0 aliphatic rings. The molecule has 2 rings (SSSR count). The van der Waals surface area contributed by atoms with E-state index in [1.165, 1.54) is 7.05 Å². The van der Waals surface area contributed by atoms with Crippen molar-refractivity contribution in [1.29, 1.82) is 0 Å². The van der Waals surface area contributed by atoms with Crippen molar-refractivity contribution in [2.24, 2.45) is 4.99 Å². The Morgan fingerprint density at radius 2 is 1.81 bits per heavy atom. The predicted octanol–water partition coefficient (Wildman–Crippen LogP) is 1.99. The van der Waals surface area contributed by atoms with Gasteiger partial charge in [-0.25, -0.2) is 8.78 Å². The average Bonchev–Trinajstić information content (AvgIpc) is 2.65. The van der Waals surface area contributed by atoms with Crippen molar-refractivity contribution in [3.8, 4) is 0 Å². The van der Waals surface area contributed by atoms with Gasteiger partial charge in [0.15, 0.2) is 5.96 Å². The largest absolute Gasteiger partial charge is 0.354 e. The molecule has 2 aromatic rings. The summed E-state index contributed by atoms with van der Waals surface area (Å²) < 4.78 is 26.7. The van der Waals surface area contributed by atoms with Crippen molar-refractivity contribution in [3.05, 3.63) is 71.3 Å². The first-order valence-corrected chi connectivity index (χ1v) is 8.27. The minimum absolute atomic E-state index is 0.0279. The lowest BCUT2D eigenvalue weighted by molar-refractivity contribution is -0.119. The van der Waals surface area contributed by atoms with E-state index < -0.39 is 11.6 Å². The fourth-order valence-electron chi connectivity index (χ4n) is 2.30. The van der Waals surface area contributed by atoms with Crippen LogP contribution in [0.3, 0.4) is 0 Å². The highest BCUT2D eigenvalue weighted by molar-refractivity contribution is 5.86. The lowest BCUT2D eigenvalue weighted by Gasteiger charge is -2.12. The number of carbonyl (C=O) groups excluding carboxylic acids is 1. The zero-order valence-corrected chi connectivity index (χ0v) is 14.6. The lowest BCUT2D eigenvalue weighted by atomic mass is 10.1. The highest BCUT2D eigenvalue weighted by atomic mass is 19.1. The maximum absolute atomic E-state index is 13.6. The Morgan fingerprint density at radius 1 is 1.04 bits per heavy atom. The van der Waals surface area contributed by atoms with Gasteiger partial charge in [-0.05, 0) is 30.2 Å². The van der Waals surface area contributed by atoms with Gasteiger partial charge in [-0.1, -0.05) is 30.3 Å². The molecule has 0 heterocycles. The fraction of sp³-hybridized carbons (Fsp3) is 0.263. The summed E-state index contributed by atoms with van der Waals surface area (Å²) in [5.74, 6) is -0.871. The Hall–Kier alpha value is -2.96. The van der Waals surface area contributed by atoms with Crippen molar-refractivity contribution in [2.75, 3.05) is 20.1 Å². The van der Waals surface area contributed by atoms with Gasteiger partial charge < -0.3 is 16.0 Å². The number of rotatable bonds is 7. The molecule has 0 aliphatic carbocycles. The molecule has 0 saturated heterocycles. The van der Waals surface area contributed by atoms with E-state index in [4.69, 9.17) is 0 Å². The Bertz CT molecular complexity index is 750. The number of nitrogens with zero attached hydrogens (tertiary/aromatic N) is 1. The van der Waals surface area contributed by atoms with E-state index in [9.17, 15) is 13.6 Å². The third-order valence-electron chi connectivity index (χ3n) is 3.67. The van der Waals surface area contributed by atoms with E-state index in [2.05, 4.69) is 20.9 Å². The van der Waals surface area contributed by atoms with Gasteiger partial charge in [0.2, 0.25) is 5.91 Å². The van der Waals surface area contributed by atoms with Crippen LogP contribution in [0.15, 0.2) is 53.5 Å². The van der Waals surface area contributed by atoms with Crippen LogP contribution < -0.4 is 16.0 Å². The van der Waals surface area contributed by atoms with Gasteiger partial charge in [-0.3, -0.25) is 9.79 Å². The summed E-state index contributed by atoms with van der Waals surface area (Å²) in [6.45, 7) is 0.615. The predicted molar refractivity (Wildman–Crippen MR) is 97.7 cm³/mol. The SMILES string of the molecule is CN=C(NCC(=O)NCCc1ccccc1)NCc1cc(F)ccc1F. The summed E-state index contributed by atoms with van der Waals surface area (Å²) in [7, 11) is 1.53. The first-order chi connectivity index (χ1) is 12.6. The Labute approximate surface area is 151 Å². The van der Waals surface area contributed by atoms with Gasteiger partial charge in [-0.15, -0.1) is 0 Å². The second-order valence-electron chi connectivity index (χ2n) is 5.60. The molecular formula is C19H22F2N4O. The number of aliphatic imine (C=N–C) groups is 1. The molecule has 0 atom stereocenters. The first kappa shape index (κ1) is 19.4. The quantitative estimate of drug-likeness (QED) is 0.523. The van der Waals surface area contributed by atoms with Crippen molar-refractivity contribution in [1.82, 2.24) is 16.0 Å². The Balaban J connectivity index is 1.70. The summed E-state index contributed by atoms with van der Waals surface area (Å²) in [5.41, 5.74) is 1.33. The molecule has 7 heteroatoms. The molecule has 0 spiro atoms. The summed E-state index contributed by atoms with van der Waals surface area (Å²) in [6, 6.07) is 13.1. The topological polar surface area (TPSA) is 65.5 Å². The van der Waals surface area contributed by atoms with Gasteiger partial charge in [0.25, 0.3) is 0 Å². The van der Waals surface area contributed by atoms with Crippen molar-refractivity contribution >= 4 is 11.9 Å². The van der Waals surface area contributed by atoms with Crippen molar-refractivity contribution < 1.29 is 13.6 Å². The number of guanidine groups is 1. The standard InChI is InChI=1S/C19H22F2N4O/c1-22-19(24-12-15-11-16(20)7-8-17(15)21)25-13-18(26)23-10-9-14-5-3-2-4-6-14/h2-8,11H,9-10,12-13H2,1H3,(H,23,26)(H2,22,24,25). The smallest absolute Gasteiger partial charge is 0.239 e. The summed E-state index contributed by atoms with van der Waals surface area (Å²) >= 11 is 0. The molecule has 5 nitrogen and oxygen atoms in total. The average molecular weight is 360 g/mol. The van der Waals surface area contributed by atoms with E-state index in [1.807, 2.05) is 30.3 Å². The second-order valence-corrected chi connectivity index (χ2v) is 5.60. The number of hydrogen-bond acceptors (Lipinski definition) is 2. The third kappa shape index (κ3) is 6.51. The molecule has 3 N–H and O–H groups in total. The van der Waals surface area contributed by atoms with E-state index in [1.54, 1.807) is 0 Å². The maximum Gasteiger partial charge on any atom is 0.239 e. The highest BCUT2D eigenvalue weighted by Gasteiger charge is 2.07. The number of hydrogen-bond donors (Lipinski definition) is 3. The zero-order chi connectivity index (χ0) is 18.8. The van der Waals surface area contributed by atoms with Crippen LogP contribution in [-0.4, -0.2) is 32.0 Å². The van der Waals surface area contributed by atoms with Gasteiger partial charge in [0.05, 0.1) is 6.54 Å². The number of halogens is 2. The molecule has 0 fully saturated rings. The van der Waals surface area contributed by atoms with Gasteiger partial charge in [-0.2, -0.15) is 0 Å². The lowest BCUT2D eigenvalue weighted by Crippen LogP contribution is -2.43. The highest BCUT2D eigenvalue weighted by Crippen LogP contribution is 2.08. The van der Waals surface area contributed by atoms with Gasteiger partial charge in [0.1, 0.15) is 11.6 Å². The van der Waals surface area contributed by atoms with Crippen LogP contribution in [0.4, 0.5) is 8.78 Å². The third-order valence-corrected chi connectivity index (χ3v) is 3.67. The van der Waals surface area contributed by atoms with Crippen LogP contribution >= 0.6 is 0 Å². The second kappa shape index (κ2) is 10.1. The van der Waals surface area contributed by atoms with E-state index >= 15 is 0 Å². The first-order valence-electron chi connectivity index (χ1n) is 8.27. The fourth-order valence-corrected chi connectivity index (χ4v) is 2.30. The number of amides is 1. The van der Waals surface area contributed by atoms with Crippen LogP contribution in [-0.2, 0) is 17.8 Å². The molecular weight excluding hydrogens is 338 g/mol. The molecule has 0 unspecified atom stereocenters. The van der Waals surface area contributed by atoms with Gasteiger partial charge in [0, 0.05) is 25.7 Å². The zero-order valence-electron chi connectivity index (χ0n) is 14.6. The molecule has 0 radical (unpaired) electrons. The Kier molecular flexibility index (Phi) is 7.54. The molecule has 1 amide bonds. The summed E-state index contributed by atoms with van der Waals surface area (Å²) in [4.78, 5) is 15.8. The molecule has 0 aromatic heterocycles. The number of nitrogens with one attached hydrogen (secondary N) is 3. The monoisotopic (exact) mass is 360 g/mol. The number of benzene rings is 2. The maximum atomic E-state index is 13.6. The molecule has 0 saturated carbocycles. The van der Waals surface area contributed by atoms with E-state index in [-0.39, 0.29) is 24.6 Å². The van der Waals surface area contributed by atoms with Crippen molar-refractivity contribution in [2.45, 2.75) is 13.0 Å². The Morgan fingerprint density at radius 3 is 2.54 bits per heavy atom. The minimum atomic E-state index is -0.510. The molecule has 0 aliphatic heterocycles. The number of carbonyl (C=O) groups is 1. The van der Waals surface area contributed by atoms with Crippen LogP contribution in [0.1, 0.15) is 11.1 Å². The van der Waals surface area contributed by atoms with Crippen LogP contribution in [0.2, 0.25) is 0 Å². The van der Waals surface area contributed by atoms with Crippen LogP contribution in [0.5, 0.6) is 0 Å². The molecule has 138 valence electrons. The van der Waals surface area contributed by atoms with Crippen molar-refractivity contribution in [3.63, 3.8) is 0 Å². The van der Waals surface area contributed by atoms with Crippen LogP contribution in [0.25, 0.3) is 0 Å². The van der Waals surface area contributed by atoms with Crippen LogP contribution in [0, 0.1) is 11.6 Å². The molecule has 0 bridgehead atoms.